The van der Waals surface area contributed by atoms with Crippen molar-refractivity contribution >= 4 is 64.9 Å². The summed E-state index contributed by atoms with van der Waals surface area (Å²) < 4.78 is 60.4. The quantitative estimate of drug-likeness (QED) is 0.0419. The Morgan fingerprint density at radius 1 is 1.14 bits per heavy atom. The second-order valence-electron chi connectivity index (χ2n) is 10.7. The number of thiol groups is 1. The van der Waals surface area contributed by atoms with E-state index in [0.29, 0.717) is 12.3 Å². The number of phosphoric acid groups is 3. The van der Waals surface area contributed by atoms with Crippen LogP contribution < -0.4 is 60.6 Å². The summed E-state index contributed by atoms with van der Waals surface area (Å²) in [7, 11) is -17.2. The molecule has 0 saturated carbocycles. The second-order valence-corrected chi connectivity index (χ2v) is 15.3. The van der Waals surface area contributed by atoms with E-state index in [-0.39, 0.29) is 65.4 Å². The zero-order valence-electron chi connectivity index (χ0n) is 26.1. The number of aliphatic hydroxyl groups excluding tert-OH is 2. The van der Waals surface area contributed by atoms with Gasteiger partial charge in [-0.15, -0.1) is 0 Å². The first-order chi connectivity index (χ1) is 22.2. The fourth-order valence-electron chi connectivity index (χ4n) is 4.12. The summed E-state index contributed by atoms with van der Waals surface area (Å²) in [4.78, 5) is 81.0. The molecular weight excluding hydrogens is 754 g/mol. The third kappa shape index (κ3) is 12.8. The number of hydrogen-bond donors (Lipinski definition) is 7. The van der Waals surface area contributed by atoms with Gasteiger partial charge in [-0.25, -0.2) is 19.3 Å². The maximum Gasteiger partial charge on any atom is 1.00 e. The van der Waals surface area contributed by atoms with E-state index in [1.54, 1.807) is 0 Å². The minimum Gasteiger partial charge on any atom is -0.756 e. The van der Waals surface area contributed by atoms with Crippen LogP contribution >= 0.6 is 36.1 Å². The van der Waals surface area contributed by atoms with Crippen molar-refractivity contribution in [2.75, 3.05) is 37.8 Å². The molecule has 3 heterocycles. The Bertz CT molecular complexity index is 1600. The van der Waals surface area contributed by atoms with Gasteiger partial charge in [0.15, 0.2) is 17.7 Å². The van der Waals surface area contributed by atoms with Gasteiger partial charge in [-0.05, 0) is 0 Å². The number of carbonyl (C=O) groups is 2. The Labute approximate surface area is 305 Å². The number of hydrogen-bond acceptors (Lipinski definition) is 20. The van der Waals surface area contributed by atoms with Crippen LogP contribution in [0.1, 0.15) is 26.5 Å². The molecule has 2 aromatic rings. The van der Waals surface area contributed by atoms with E-state index in [2.05, 4.69) is 56.1 Å². The van der Waals surface area contributed by atoms with E-state index in [9.17, 15) is 53.1 Å². The average molecular weight is 788 g/mol. The molecule has 0 aliphatic carbocycles. The fraction of sp³-hybridized carbons (Fsp3) is 0.667. The number of anilines is 1. The predicted molar refractivity (Wildman–Crippen MR) is 157 cm³/mol. The van der Waals surface area contributed by atoms with Crippen molar-refractivity contribution in [3.63, 3.8) is 0 Å². The van der Waals surface area contributed by atoms with Crippen LogP contribution in [-0.4, -0.2) is 103 Å². The normalized spacial score (nSPS) is 23.9. The molecule has 1 aliphatic heterocycles. The maximum absolute atomic E-state index is 12.4. The van der Waals surface area contributed by atoms with Crippen molar-refractivity contribution in [2.45, 2.75) is 50.9 Å². The number of imidazole rings is 1. The molecule has 2 amide bonds. The molecule has 8 unspecified atom stereocenters. The number of fused-ring (bicyclic) bond motifs is 1. The Hall–Kier alpha value is -1.11. The smallest absolute Gasteiger partial charge is 0.756 e. The molecule has 49 heavy (non-hydrogen) atoms. The van der Waals surface area contributed by atoms with Crippen LogP contribution in [0.3, 0.4) is 0 Å². The first kappa shape index (κ1) is 44.1. The fourth-order valence-corrected chi connectivity index (χ4v) is 6.97. The minimum atomic E-state index is -5.87. The van der Waals surface area contributed by atoms with Gasteiger partial charge in [0.05, 0.1) is 19.5 Å². The summed E-state index contributed by atoms with van der Waals surface area (Å²) >= 11 is 3.94. The number of aromatic nitrogens is 4. The van der Waals surface area contributed by atoms with Gasteiger partial charge in [-0.3, -0.25) is 27.9 Å². The van der Waals surface area contributed by atoms with E-state index in [4.69, 9.17) is 10.5 Å². The zero-order valence-corrected chi connectivity index (χ0v) is 31.7. The van der Waals surface area contributed by atoms with E-state index >= 15 is 0 Å². The van der Waals surface area contributed by atoms with Gasteiger partial charge >= 0.3 is 29.6 Å². The molecule has 3 rings (SSSR count). The number of carbonyl (C=O) groups excluding carboxylic acids is 2. The van der Waals surface area contributed by atoms with Gasteiger partial charge in [-0.2, -0.15) is 12.6 Å². The van der Waals surface area contributed by atoms with Crippen LogP contribution in [0.5, 0.6) is 0 Å². The summed E-state index contributed by atoms with van der Waals surface area (Å²) in [6.07, 6.45) is -7.21. The van der Waals surface area contributed by atoms with Gasteiger partial charge in [-0.1, -0.05) is 13.8 Å². The number of rotatable bonds is 18. The zero-order chi connectivity index (χ0) is 36.1. The summed E-state index contributed by atoms with van der Waals surface area (Å²) in [5.41, 5.74) is 4.15. The minimum absolute atomic E-state index is 0. The van der Waals surface area contributed by atoms with Crippen molar-refractivity contribution in [1.29, 1.82) is 0 Å². The van der Waals surface area contributed by atoms with E-state index in [1.165, 1.54) is 13.8 Å². The average Bonchev–Trinajstić information content (AvgIpc) is 3.54. The molecular formula is C21H33N7NaO16P3S-2. The molecule has 23 nitrogen and oxygen atoms in total. The van der Waals surface area contributed by atoms with E-state index < -0.39 is 78.6 Å². The first-order valence-electron chi connectivity index (χ1n) is 13.6. The molecule has 1 fully saturated rings. The van der Waals surface area contributed by atoms with Crippen LogP contribution in [0.4, 0.5) is 5.82 Å². The number of nitrogens with two attached hydrogens (primary N) is 1. The Balaban J connectivity index is 0.00000833. The van der Waals surface area contributed by atoms with Crippen LogP contribution in [0, 0.1) is 5.41 Å². The Kier molecular flexibility index (Phi) is 16.3. The summed E-state index contributed by atoms with van der Waals surface area (Å²) in [5.74, 6) is -1.03. The number of nitrogen functional groups attached to an aromatic ring is 1. The summed E-state index contributed by atoms with van der Waals surface area (Å²) in [6.45, 7) is 0.374. The van der Waals surface area contributed by atoms with Crippen molar-refractivity contribution in [3.8, 4) is 0 Å². The van der Waals surface area contributed by atoms with Crippen LogP contribution in [0.15, 0.2) is 12.7 Å². The standard InChI is InChI=1S/C21H36N7O16P3S.Na/c1-21(2,16(31)19(32)24-4-3-12(29)23-5-6-48)8-41-47(38,39)44-46(36,37)40-7-11-15(43-45(33,34)35)14(30)20(42-11)28-10-27-13-17(22)25-9-26-18(13)28;/h9-11,14-16,20,30-31,48H,3-8H2,1-2H3,(H,23,29)(H,24,32)(H,36,37)(H,38,39)(H2,22,25,26)(H2,33,34,35);/q;+1/p-3. The molecule has 28 heteroatoms. The molecule has 0 radical (unpaired) electrons. The van der Waals surface area contributed by atoms with E-state index in [0.717, 1.165) is 17.2 Å². The third-order valence-electron chi connectivity index (χ3n) is 6.49. The number of nitrogens with one attached hydrogen (secondary N) is 2. The predicted octanol–water partition coefficient (Wildman–Crippen LogP) is -6.56. The number of aliphatic hydroxyl groups is 2. The number of amides is 2. The van der Waals surface area contributed by atoms with Gasteiger partial charge in [0.25, 0.3) is 23.5 Å². The van der Waals surface area contributed by atoms with Crippen molar-refractivity contribution in [2.24, 2.45) is 5.41 Å². The van der Waals surface area contributed by atoms with Gasteiger partial charge in [0.1, 0.15) is 36.3 Å². The van der Waals surface area contributed by atoms with Crippen molar-refractivity contribution < 1.29 is 105 Å². The van der Waals surface area contributed by atoms with E-state index in [1.807, 2.05) is 0 Å². The van der Waals surface area contributed by atoms with Crippen LogP contribution in [0.25, 0.3) is 11.2 Å². The summed E-state index contributed by atoms with van der Waals surface area (Å²) in [6, 6.07) is 0. The first-order valence-corrected chi connectivity index (χ1v) is 18.7. The molecule has 8 atom stereocenters. The number of phosphoric ester groups is 3. The SMILES string of the molecule is CC(C)(COP(=O)([O-])OP(=O)([O-])OCC1OC(n2cnc3c(N)ncnc32)C(O)C1OP(=O)([O-])O)C(O)C(=O)NCCC(=O)NCCS.[Na+]. The maximum atomic E-state index is 12.4. The number of nitrogens with zero attached hydrogens (tertiary/aromatic N) is 4. The van der Waals surface area contributed by atoms with Crippen molar-refractivity contribution in [3.05, 3.63) is 12.7 Å². The monoisotopic (exact) mass is 787 g/mol. The number of ether oxygens (including phenoxy) is 1. The largest absolute Gasteiger partial charge is 1.00 e. The van der Waals surface area contributed by atoms with Gasteiger partial charge in [0, 0.05) is 30.7 Å². The Morgan fingerprint density at radius 2 is 1.80 bits per heavy atom. The molecule has 0 spiro atoms. The van der Waals surface area contributed by atoms with Gasteiger partial charge in [0.2, 0.25) is 11.8 Å². The molecule has 7 N–H and O–H groups in total. The van der Waals surface area contributed by atoms with Gasteiger partial charge < -0.3 is 64.5 Å². The molecule has 272 valence electrons. The molecule has 2 aromatic heterocycles. The molecule has 0 aromatic carbocycles. The molecule has 1 aliphatic rings. The second kappa shape index (κ2) is 18.1. The molecule has 0 bridgehead atoms. The third-order valence-corrected chi connectivity index (χ3v) is 9.74. The Morgan fingerprint density at radius 3 is 2.43 bits per heavy atom. The summed E-state index contributed by atoms with van der Waals surface area (Å²) in [5, 5.41) is 26.0. The van der Waals surface area contributed by atoms with Crippen LogP contribution in [0.2, 0.25) is 0 Å². The van der Waals surface area contributed by atoms with Crippen molar-refractivity contribution in [1.82, 2.24) is 30.2 Å². The molecule has 1 saturated heterocycles. The topological polar surface area (TPSA) is 355 Å². The van der Waals surface area contributed by atoms with Crippen LogP contribution in [-0.2, 0) is 45.9 Å².